The van der Waals surface area contributed by atoms with Crippen LogP contribution in [-0.2, 0) is 29.1 Å². The van der Waals surface area contributed by atoms with Gasteiger partial charge in [0.05, 0.1) is 15.8 Å². The van der Waals surface area contributed by atoms with E-state index in [-0.39, 0.29) is 32.7 Å². The van der Waals surface area contributed by atoms with Crippen molar-refractivity contribution >= 4 is 78.9 Å². The maximum absolute atomic E-state index is 13.1. The molecule has 0 aliphatic carbocycles. The smallest absolute Gasteiger partial charge is 0.212 e. The molecule has 254 valence electrons. The number of hydrogen-bond acceptors (Lipinski definition) is 6. The van der Waals surface area contributed by atoms with E-state index in [1.165, 1.54) is 4.31 Å². The summed E-state index contributed by atoms with van der Waals surface area (Å²) in [7, 11) is -5.56. The molecule has 2 fully saturated rings. The van der Waals surface area contributed by atoms with Crippen molar-refractivity contribution in [1.29, 1.82) is 0 Å². The highest BCUT2D eigenvalue weighted by Crippen LogP contribution is 2.34. The van der Waals surface area contributed by atoms with Crippen LogP contribution in [-0.4, -0.2) is 70.1 Å². The fraction of sp³-hybridized carbons (Fsp3) is 0.600. The van der Waals surface area contributed by atoms with Gasteiger partial charge in [-0.2, -0.15) is 8.61 Å². The lowest BCUT2D eigenvalue weighted by Gasteiger charge is -2.35. The summed E-state index contributed by atoms with van der Waals surface area (Å²) in [5.41, 5.74) is 1.32. The number of alkyl halides is 1. The number of aryl methyl sites for hydroxylation is 2. The number of piperidine rings is 2. The van der Waals surface area contributed by atoms with Crippen molar-refractivity contribution in [2.75, 3.05) is 24.2 Å². The maximum atomic E-state index is 13.1. The Bertz CT molecular complexity index is 1580. The first-order chi connectivity index (χ1) is 21.1. The highest BCUT2D eigenvalue weighted by atomic mass is 79.9. The topological polar surface area (TPSA) is 109 Å². The van der Waals surface area contributed by atoms with Crippen molar-refractivity contribution < 1.29 is 25.3 Å². The van der Waals surface area contributed by atoms with E-state index in [1.54, 1.807) is 54.6 Å². The van der Waals surface area contributed by atoms with Gasteiger partial charge in [0, 0.05) is 41.2 Å². The Morgan fingerprint density at radius 3 is 1.51 bits per heavy atom. The van der Waals surface area contributed by atoms with Crippen LogP contribution in [0.25, 0.3) is 0 Å². The second-order valence-electron chi connectivity index (χ2n) is 11.5. The molecule has 2 aliphatic heterocycles. The summed E-state index contributed by atoms with van der Waals surface area (Å²) in [6.07, 6.45) is 8.07. The van der Waals surface area contributed by atoms with Crippen LogP contribution in [0.3, 0.4) is 0 Å². The fourth-order valence-electron chi connectivity index (χ4n) is 6.08. The molecule has 2 aromatic carbocycles. The Kier molecular flexibility index (Phi) is 15.0. The molecule has 2 aliphatic rings. The van der Waals surface area contributed by atoms with E-state index >= 15 is 0 Å². The molecule has 2 heterocycles. The minimum Gasteiger partial charge on any atom is -0.212 e. The van der Waals surface area contributed by atoms with Crippen LogP contribution in [0, 0.1) is 13.8 Å². The van der Waals surface area contributed by atoms with Crippen LogP contribution in [0.15, 0.2) is 46.2 Å². The molecule has 0 saturated carbocycles. The number of hydrogen-bond donors (Lipinski definition) is 0. The quantitative estimate of drug-likeness (QED) is 0.169. The molecule has 2 aromatic rings. The Morgan fingerprint density at radius 1 is 0.711 bits per heavy atom. The normalized spacial score (nSPS) is 20.4. The number of rotatable bonds is 11. The van der Waals surface area contributed by atoms with Gasteiger partial charge in [0.15, 0.2) is 0 Å². The molecule has 0 aromatic heterocycles. The van der Waals surface area contributed by atoms with E-state index in [1.807, 2.05) is 0 Å². The van der Waals surface area contributed by atoms with E-state index < -0.39 is 29.1 Å². The zero-order valence-corrected chi connectivity index (χ0v) is 31.9. The van der Waals surface area contributed by atoms with Gasteiger partial charge in [-0.3, -0.25) is 0 Å². The van der Waals surface area contributed by atoms with Crippen molar-refractivity contribution in [3.63, 3.8) is 0 Å². The largest absolute Gasteiger partial charge is 0.245 e. The van der Waals surface area contributed by atoms with E-state index in [0.29, 0.717) is 48.5 Å². The second kappa shape index (κ2) is 17.3. The minimum atomic E-state index is -3.72. The SMILES string of the molecule is Cc1cccc(Cl)c1S(=O)(=O)N1CCCCC1CCCBr.Cc1cccc(Cl)c1S(=O)(=O)N1CCCCC1CCCS(=O)(=O)Cl. The highest BCUT2D eigenvalue weighted by Gasteiger charge is 2.36. The maximum Gasteiger partial charge on any atom is 0.245 e. The Hall–Kier alpha value is -0.440. The Labute approximate surface area is 292 Å². The van der Waals surface area contributed by atoms with Crippen LogP contribution < -0.4 is 0 Å². The predicted molar refractivity (Wildman–Crippen MR) is 187 cm³/mol. The summed E-state index contributed by atoms with van der Waals surface area (Å²) >= 11 is 15.7. The summed E-state index contributed by atoms with van der Waals surface area (Å²) in [5, 5.41) is 1.44. The summed E-state index contributed by atoms with van der Waals surface area (Å²) in [4.78, 5) is 0.418. The van der Waals surface area contributed by atoms with Gasteiger partial charge in [-0.25, -0.2) is 25.3 Å². The molecule has 2 saturated heterocycles. The van der Waals surface area contributed by atoms with Crippen LogP contribution >= 0.6 is 49.8 Å². The third kappa shape index (κ3) is 10.5. The third-order valence-electron chi connectivity index (χ3n) is 8.20. The van der Waals surface area contributed by atoms with Crippen molar-refractivity contribution in [3.05, 3.63) is 57.6 Å². The van der Waals surface area contributed by atoms with Crippen LogP contribution in [0.1, 0.15) is 75.3 Å². The van der Waals surface area contributed by atoms with Crippen LogP contribution in [0.2, 0.25) is 10.0 Å². The zero-order chi connectivity index (χ0) is 33.4. The van der Waals surface area contributed by atoms with E-state index in [4.69, 9.17) is 33.9 Å². The van der Waals surface area contributed by atoms with Gasteiger partial charge >= 0.3 is 0 Å². The molecule has 0 amide bonds. The molecule has 0 N–H and O–H groups in total. The molecular formula is C30H42BrCl3N2O6S3. The number of sulfonamides is 2. The van der Waals surface area contributed by atoms with Crippen molar-refractivity contribution in [3.8, 4) is 0 Å². The lowest BCUT2D eigenvalue weighted by atomic mass is 10.0. The molecule has 45 heavy (non-hydrogen) atoms. The molecule has 4 rings (SSSR count). The van der Waals surface area contributed by atoms with E-state index in [2.05, 4.69) is 15.9 Å². The average Bonchev–Trinajstić information content (AvgIpc) is 2.96. The van der Waals surface area contributed by atoms with E-state index in [0.717, 1.165) is 50.3 Å². The fourth-order valence-corrected chi connectivity index (χ4v) is 12.3. The van der Waals surface area contributed by atoms with Gasteiger partial charge in [0.25, 0.3) is 0 Å². The van der Waals surface area contributed by atoms with Crippen molar-refractivity contribution in [2.45, 2.75) is 99.9 Å². The minimum absolute atomic E-state index is 0.0944. The first-order valence-electron chi connectivity index (χ1n) is 15.1. The summed E-state index contributed by atoms with van der Waals surface area (Å²) in [5.74, 6) is -0.149. The standard InChI is InChI=1S/C15H21BrClNO2S.C15H21Cl2NO4S2/c1-12-6-4-9-14(17)15(12)21(19,20)18-11-3-2-7-13(18)8-5-10-16;1-12-6-4-9-14(16)15(12)24(21,22)18-10-3-2-7-13(18)8-5-11-23(17,19)20/h4,6,9,13H,2-3,5,7-8,10-11H2,1H3;4,6,9,13H,2-3,5,7-8,10-11H2,1H3. The van der Waals surface area contributed by atoms with Gasteiger partial charge in [-0.05, 0) is 88.5 Å². The van der Waals surface area contributed by atoms with Gasteiger partial charge in [0.1, 0.15) is 9.79 Å². The molecule has 2 atom stereocenters. The molecular weight excluding hydrogens is 767 g/mol. The first-order valence-corrected chi connectivity index (χ1v) is 22.4. The summed E-state index contributed by atoms with van der Waals surface area (Å²) < 4.78 is 77.6. The summed E-state index contributed by atoms with van der Waals surface area (Å²) in [6, 6.07) is 10.1. The molecule has 8 nitrogen and oxygen atoms in total. The Balaban J connectivity index is 0.000000248. The van der Waals surface area contributed by atoms with Crippen molar-refractivity contribution in [1.82, 2.24) is 8.61 Å². The first kappa shape index (κ1) is 39.0. The molecule has 0 bridgehead atoms. The number of nitrogens with zero attached hydrogens (tertiary/aromatic N) is 2. The third-order valence-corrected chi connectivity index (χ3v) is 15.2. The van der Waals surface area contributed by atoms with Crippen LogP contribution in [0.4, 0.5) is 0 Å². The molecule has 0 radical (unpaired) electrons. The Morgan fingerprint density at radius 2 is 1.13 bits per heavy atom. The predicted octanol–water partition coefficient (Wildman–Crippen LogP) is 7.91. The highest BCUT2D eigenvalue weighted by molar-refractivity contribution is 9.09. The van der Waals surface area contributed by atoms with Crippen LogP contribution in [0.5, 0.6) is 0 Å². The van der Waals surface area contributed by atoms with Gasteiger partial charge < -0.3 is 0 Å². The molecule has 2 unspecified atom stereocenters. The molecule has 0 spiro atoms. The summed E-state index contributed by atoms with van der Waals surface area (Å²) in [6.45, 7) is 4.54. The number of benzene rings is 2. The van der Waals surface area contributed by atoms with E-state index in [9.17, 15) is 25.3 Å². The van der Waals surface area contributed by atoms with Gasteiger partial charge in [-0.1, -0.05) is 76.2 Å². The second-order valence-corrected chi connectivity index (χ2v) is 19.7. The van der Waals surface area contributed by atoms with Gasteiger partial charge in [0.2, 0.25) is 29.1 Å². The molecule has 15 heteroatoms. The monoisotopic (exact) mass is 806 g/mol. The lowest BCUT2D eigenvalue weighted by molar-refractivity contribution is 0.239. The number of halogens is 4. The van der Waals surface area contributed by atoms with Crippen molar-refractivity contribution in [2.24, 2.45) is 0 Å². The average molecular weight is 809 g/mol. The van der Waals surface area contributed by atoms with Gasteiger partial charge in [-0.15, -0.1) is 0 Å². The lowest BCUT2D eigenvalue weighted by Crippen LogP contribution is -2.44. The zero-order valence-electron chi connectivity index (χ0n) is 25.6.